The fourth-order valence-electron chi connectivity index (χ4n) is 8.16. The molecule has 11 nitrogen and oxygen atoms in total. The zero-order valence-corrected chi connectivity index (χ0v) is 33.6. The first kappa shape index (κ1) is 39.7. The Morgan fingerprint density at radius 1 is 0.949 bits per heavy atom. The molecule has 59 heavy (non-hydrogen) atoms. The zero-order valence-electron chi connectivity index (χ0n) is 32.9. The van der Waals surface area contributed by atoms with Crippen molar-refractivity contribution in [1.82, 2.24) is 10.2 Å². The van der Waals surface area contributed by atoms with Crippen molar-refractivity contribution in [3.63, 3.8) is 0 Å². The number of carbonyl (C=O) groups is 2. The van der Waals surface area contributed by atoms with E-state index >= 15 is 0 Å². The molecule has 2 amide bonds. The first-order chi connectivity index (χ1) is 28.6. The van der Waals surface area contributed by atoms with E-state index < -0.39 is 13.2 Å². The molecule has 0 unspecified atom stereocenters. The van der Waals surface area contributed by atoms with E-state index in [-0.39, 0.29) is 35.8 Å². The van der Waals surface area contributed by atoms with Crippen LogP contribution in [0.2, 0.25) is 5.02 Å². The quantitative estimate of drug-likeness (QED) is 0.0719. The van der Waals surface area contributed by atoms with Gasteiger partial charge < -0.3 is 24.6 Å². The topological polar surface area (TPSA) is 151 Å². The van der Waals surface area contributed by atoms with Crippen LogP contribution < -0.4 is 20.4 Å². The maximum absolute atomic E-state index is 13.7. The first-order valence-corrected chi connectivity index (χ1v) is 20.1. The highest BCUT2D eigenvalue weighted by Crippen LogP contribution is 2.34. The number of anilines is 1. The van der Waals surface area contributed by atoms with Crippen molar-refractivity contribution in [2.24, 2.45) is 4.99 Å². The van der Waals surface area contributed by atoms with Gasteiger partial charge in [0.2, 0.25) is 5.91 Å². The minimum absolute atomic E-state index is 0.000155. The molecular formula is C46H44BClN6O5. The molecule has 0 saturated carbocycles. The lowest BCUT2D eigenvalue weighted by molar-refractivity contribution is -0.121. The van der Waals surface area contributed by atoms with Crippen LogP contribution in [-0.4, -0.2) is 72.5 Å². The van der Waals surface area contributed by atoms with Crippen molar-refractivity contribution in [2.45, 2.75) is 51.3 Å². The molecule has 3 aliphatic heterocycles. The van der Waals surface area contributed by atoms with Crippen molar-refractivity contribution in [3.8, 4) is 16.9 Å². The molecule has 1 atom stereocenters. The molecule has 3 aliphatic rings. The van der Waals surface area contributed by atoms with Crippen LogP contribution in [0.3, 0.4) is 0 Å². The maximum Gasteiger partial charge on any atom is 0.491 e. The highest BCUT2D eigenvalue weighted by atomic mass is 35.5. The molecule has 8 rings (SSSR count). The number of amidine groups is 2. The van der Waals surface area contributed by atoms with Crippen molar-refractivity contribution < 1.29 is 24.0 Å². The number of piperidine rings is 1. The Hall–Kier alpha value is -6.08. The van der Waals surface area contributed by atoms with Crippen molar-refractivity contribution >= 4 is 59.1 Å². The molecule has 1 saturated heterocycles. The smallest absolute Gasteiger partial charge is 0.491 e. The van der Waals surface area contributed by atoms with Crippen LogP contribution in [0.15, 0.2) is 114 Å². The third-order valence-corrected chi connectivity index (χ3v) is 11.6. The lowest BCUT2D eigenvalue weighted by atomic mass is 9.78. The number of likely N-dealkylation sites (tertiary alicyclic amines) is 1. The third kappa shape index (κ3) is 8.43. The summed E-state index contributed by atoms with van der Waals surface area (Å²) >= 11 is 6.22. The number of hydrogen-bond donors (Lipinski definition) is 4. The minimum atomic E-state index is -0.927. The highest BCUT2D eigenvalue weighted by Gasteiger charge is 2.33. The van der Waals surface area contributed by atoms with Crippen molar-refractivity contribution in [3.05, 3.63) is 148 Å². The maximum atomic E-state index is 13.7. The van der Waals surface area contributed by atoms with Crippen LogP contribution in [0.4, 0.5) is 5.69 Å². The highest BCUT2D eigenvalue weighted by molar-refractivity contribution is 6.61. The predicted molar refractivity (Wildman–Crippen MR) is 233 cm³/mol. The number of nitrogens with one attached hydrogen (secondary N) is 3. The number of ether oxygens (including phenoxy) is 1. The average Bonchev–Trinajstić information content (AvgIpc) is 3.58. The van der Waals surface area contributed by atoms with E-state index in [0.717, 1.165) is 46.1 Å². The molecule has 298 valence electrons. The molecule has 0 radical (unpaired) electrons. The molecule has 3 heterocycles. The summed E-state index contributed by atoms with van der Waals surface area (Å²) in [5.74, 6) is 0.754. The number of nitrogens with zero attached hydrogens (tertiary/aromatic N) is 3. The standard InChI is InChI=1S/C46H44BClN6O5/c1-28(49)54-42-16-15-38(58-2)24-39(42)44(31-11-13-37(48)14-12-31)52-41(45(54)50)25-43(55)51-26-29-5-3-6-32(21-29)30-17-19-53(20-18-30)46(56)35-8-4-7-33(22-35)34-9-10-36-27-59-47(57)40(36)23-34/h3-16,21-24,30,41,49-50,57H,17-20,25-27H2,1-2H3,(H,51,55)/t41-/m0/s1. The van der Waals surface area contributed by atoms with Crippen LogP contribution in [0.1, 0.15) is 70.3 Å². The van der Waals surface area contributed by atoms with Crippen LogP contribution in [0.5, 0.6) is 5.75 Å². The number of hydrogen-bond acceptors (Lipinski definition) is 8. The van der Waals surface area contributed by atoms with E-state index in [4.69, 9.17) is 31.4 Å². The average molecular weight is 807 g/mol. The first-order valence-electron chi connectivity index (χ1n) is 19.7. The Labute approximate surface area is 348 Å². The van der Waals surface area contributed by atoms with Gasteiger partial charge in [0.1, 0.15) is 23.5 Å². The molecular weight excluding hydrogens is 763 g/mol. The van der Waals surface area contributed by atoms with Gasteiger partial charge in [-0.05, 0) is 101 Å². The second kappa shape index (κ2) is 17.0. The summed E-state index contributed by atoms with van der Waals surface area (Å²) in [6.07, 6.45) is 1.54. The van der Waals surface area contributed by atoms with Gasteiger partial charge >= 0.3 is 7.12 Å². The van der Waals surface area contributed by atoms with E-state index in [9.17, 15) is 20.0 Å². The van der Waals surface area contributed by atoms with Gasteiger partial charge in [-0.3, -0.25) is 30.3 Å². The SMILES string of the molecule is COc1ccc2c(c1)C(c1ccc(Cl)cc1)=N[C@@H](CC(=O)NCc1cccc(C3CCN(C(=O)c4cccc(-c5ccc6c(c5)B(O)OC6)c4)CC3)c1)C(=N)N2C(C)=N. The van der Waals surface area contributed by atoms with E-state index in [2.05, 4.69) is 17.4 Å². The molecule has 0 spiro atoms. The summed E-state index contributed by atoms with van der Waals surface area (Å²) in [6.45, 7) is 3.57. The van der Waals surface area contributed by atoms with Crippen molar-refractivity contribution in [1.29, 1.82) is 10.8 Å². The second-order valence-electron chi connectivity index (χ2n) is 15.1. The Morgan fingerprint density at radius 3 is 2.46 bits per heavy atom. The number of aliphatic imine (C=N–C) groups is 1. The van der Waals surface area contributed by atoms with Crippen LogP contribution >= 0.6 is 11.6 Å². The number of benzodiazepines with no additional fused rings is 1. The Balaban J connectivity index is 0.914. The van der Waals surface area contributed by atoms with Crippen molar-refractivity contribution in [2.75, 3.05) is 25.1 Å². The normalized spacial score (nSPS) is 16.5. The summed E-state index contributed by atoms with van der Waals surface area (Å²) in [5, 5.41) is 31.6. The Morgan fingerprint density at radius 2 is 1.69 bits per heavy atom. The fraction of sp³-hybridized carbons (Fsp3) is 0.239. The largest absolute Gasteiger partial charge is 0.497 e. The number of methoxy groups -OCH3 is 1. The van der Waals surface area contributed by atoms with E-state index in [0.29, 0.717) is 59.5 Å². The number of fused-ring (bicyclic) bond motifs is 2. The molecule has 0 bridgehead atoms. The summed E-state index contributed by atoms with van der Waals surface area (Å²) in [7, 11) is 0.653. The van der Waals surface area contributed by atoms with E-state index in [1.54, 1.807) is 32.2 Å². The molecule has 0 aromatic heterocycles. The molecule has 1 fully saturated rings. The zero-order chi connectivity index (χ0) is 41.2. The number of halogens is 1. The molecule has 0 aliphatic carbocycles. The number of carbonyl (C=O) groups excluding carboxylic acids is 2. The summed E-state index contributed by atoms with van der Waals surface area (Å²) in [6, 6.07) is 33.6. The van der Waals surface area contributed by atoms with Crippen LogP contribution in [0.25, 0.3) is 11.1 Å². The number of benzene rings is 5. The fourth-order valence-corrected chi connectivity index (χ4v) is 8.29. The third-order valence-electron chi connectivity index (χ3n) is 11.3. The summed E-state index contributed by atoms with van der Waals surface area (Å²) in [5.41, 5.74) is 8.94. The number of rotatable bonds is 9. The van der Waals surface area contributed by atoms with Gasteiger partial charge in [-0.15, -0.1) is 0 Å². The molecule has 13 heteroatoms. The summed E-state index contributed by atoms with van der Waals surface area (Å²) < 4.78 is 10.9. The summed E-state index contributed by atoms with van der Waals surface area (Å²) in [4.78, 5) is 35.7. The molecule has 4 N–H and O–H groups in total. The van der Waals surface area contributed by atoms with Crippen LogP contribution in [-0.2, 0) is 22.6 Å². The lowest BCUT2D eigenvalue weighted by Crippen LogP contribution is -2.42. The number of amides is 2. The van der Waals surface area contributed by atoms with Gasteiger partial charge in [0.15, 0.2) is 0 Å². The molecule has 5 aromatic rings. The van der Waals surface area contributed by atoms with Gasteiger partial charge in [0, 0.05) is 41.3 Å². The monoisotopic (exact) mass is 806 g/mol. The Bertz CT molecular complexity index is 2480. The van der Waals surface area contributed by atoms with Crippen LogP contribution in [0, 0.1) is 10.8 Å². The molecule has 5 aromatic carbocycles. The van der Waals surface area contributed by atoms with Gasteiger partial charge in [0.05, 0.1) is 31.5 Å². The van der Waals surface area contributed by atoms with Gasteiger partial charge in [-0.25, -0.2) is 0 Å². The van der Waals surface area contributed by atoms with E-state index in [1.807, 2.05) is 83.8 Å². The minimum Gasteiger partial charge on any atom is -0.497 e. The second-order valence-corrected chi connectivity index (χ2v) is 15.6. The van der Waals surface area contributed by atoms with Gasteiger partial charge in [-0.1, -0.05) is 78.3 Å². The van der Waals surface area contributed by atoms with Gasteiger partial charge in [0.25, 0.3) is 5.91 Å². The lowest BCUT2D eigenvalue weighted by Gasteiger charge is -2.32. The van der Waals surface area contributed by atoms with E-state index in [1.165, 1.54) is 10.5 Å². The predicted octanol–water partition coefficient (Wildman–Crippen LogP) is 6.96. The Kier molecular flexibility index (Phi) is 11.5. The van der Waals surface area contributed by atoms with Gasteiger partial charge in [-0.2, -0.15) is 0 Å².